The highest BCUT2D eigenvalue weighted by Crippen LogP contribution is 2.20. The first-order chi connectivity index (χ1) is 9.50. The fourth-order valence-electron chi connectivity index (χ4n) is 2.31. The van der Waals surface area contributed by atoms with Crippen LogP contribution in [0, 0.1) is 0 Å². The minimum atomic E-state index is -0.846. The Morgan fingerprint density at radius 1 is 1.20 bits per heavy atom. The summed E-state index contributed by atoms with van der Waals surface area (Å²) in [4.78, 5) is 34.8. The number of urea groups is 2. The number of amides is 4. The molecule has 1 atom stereocenters. The van der Waals surface area contributed by atoms with Gasteiger partial charge in [0.2, 0.25) is 0 Å². The molecule has 1 aliphatic rings. The first-order valence-corrected chi connectivity index (χ1v) is 6.80. The van der Waals surface area contributed by atoms with Crippen LogP contribution in [0.3, 0.4) is 0 Å². The van der Waals surface area contributed by atoms with E-state index < -0.39 is 12.0 Å². The summed E-state index contributed by atoms with van der Waals surface area (Å²) < 4.78 is 0. The number of rotatable bonds is 6. The number of piperidine rings is 1. The molecule has 1 saturated heterocycles. The molecular weight excluding hydrogens is 264 g/mol. The van der Waals surface area contributed by atoms with E-state index in [9.17, 15) is 14.4 Å². The number of carboxylic acids is 1. The Labute approximate surface area is 117 Å². The van der Waals surface area contributed by atoms with Gasteiger partial charge < -0.3 is 26.4 Å². The lowest BCUT2D eigenvalue weighted by molar-refractivity contribution is -0.137. The van der Waals surface area contributed by atoms with Crippen molar-refractivity contribution in [1.29, 1.82) is 0 Å². The first-order valence-electron chi connectivity index (χ1n) is 6.80. The number of hydrogen-bond donors (Lipinski definition) is 4. The van der Waals surface area contributed by atoms with Crippen LogP contribution in [-0.2, 0) is 4.79 Å². The van der Waals surface area contributed by atoms with Crippen molar-refractivity contribution >= 4 is 18.0 Å². The predicted octanol–water partition coefficient (Wildman–Crippen LogP) is 0.0836. The van der Waals surface area contributed by atoms with Crippen LogP contribution in [0.4, 0.5) is 9.59 Å². The third kappa shape index (κ3) is 5.77. The lowest BCUT2D eigenvalue weighted by atomic mass is 9.98. The minimum Gasteiger partial charge on any atom is -0.481 e. The standard InChI is InChI=1S/C12H22N4O4/c13-11(19)14-6-7-15-12(20)16-8-2-1-3-9(16)4-5-10(17)18/h9H,1-8H2,(H,15,20)(H,17,18)(H3,13,14,19). The van der Waals surface area contributed by atoms with Crippen molar-refractivity contribution < 1.29 is 19.5 Å². The van der Waals surface area contributed by atoms with Gasteiger partial charge >= 0.3 is 18.0 Å². The predicted molar refractivity (Wildman–Crippen MR) is 72.2 cm³/mol. The molecule has 0 radical (unpaired) electrons. The lowest BCUT2D eigenvalue weighted by Crippen LogP contribution is -2.50. The summed E-state index contributed by atoms with van der Waals surface area (Å²) in [6.45, 7) is 1.21. The average Bonchev–Trinajstić information content (AvgIpc) is 2.41. The molecule has 20 heavy (non-hydrogen) atoms. The number of likely N-dealkylation sites (tertiary alicyclic amines) is 1. The zero-order valence-electron chi connectivity index (χ0n) is 11.4. The molecule has 5 N–H and O–H groups in total. The van der Waals surface area contributed by atoms with Crippen molar-refractivity contribution in [3.05, 3.63) is 0 Å². The molecule has 1 aliphatic heterocycles. The van der Waals surface area contributed by atoms with Gasteiger partial charge in [0.1, 0.15) is 0 Å². The molecule has 114 valence electrons. The highest BCUT2D eigenvalue weighted by molar-refractivity contribution is 5.75. The summed E-state index contributed by atoms with van der Waals surface area (Å²) in [6.07, 6.45) is 3.31. The van der Waals surface area contributed by atoms with Gasteiger partial charge in [0.25, 0.3) is 0 Å². The second-order valence-corrected chi connectivity index (χ2v) is 4.80. The Morgan fingerprint density at radius 3 is 2.55 bits per heavy atom. The van der Waals surface area contributed by atoms with Gasteiger partial charge in [-0.15, -0.1) is 0 Å². The van der Waals surface area contributed by atoms with Crippen molar-refractivity contribution in [1.82, 2.24) is 15.5 Å². The molecule has 1 heterocycles. The maximum Gasteiger partial charge on any atom is 0.317 e. The lowest BCUT2D eigenvalue weighted by Gasteiger charge is -2.35. The fraction of sp³-hybridized carbons (Fsp3) is 0.750. The molecule has 0 aromatic rings. The van der Waals surface area contributed by atoms with Crippen LogP contribution in [0.2, 0.25) is 0 Å². The maximum atomic E-state index is 12.0. The normalized spacial score (nSPS) is 18.4. The van der Waals surface area contributed by atoms with Crippen LogP contribution in [0.15, 0.2) is 0 Å². The molecule has 0 saturated carbocycles. The second kappa shape index (κ2) is 8.23. The van der Waals surface area contributed by atoms with Gasteiger partial charge in [-0.1, -0.05) is 0 Å². The van der Waals surface area contributed by atoms with Crippen molar-refractivity contribution in [2.75, 3.05) is 19.6 Å². The van der Waals surface area contributed by atoms with E-state index in [0.717, 1.165) is 19.3 Å². The number of nitrogens with zero attached hydrogens (tertiary/aromatic N) is 1. The number of nitrogens with two attached hydrogens (primary N) is 1. The summed E-state index contributed by atoms with van der Waals surface area (Å²) >= 11 is 0. The van der Waals surface area contributed by atoms with E-state index in [1.165, 1.54) is 0 Å². The number of aliphatic carboxylic acids is 1. The van der Waals surface area contributed by atoms with Crippen LogP contribution in [0.5, 0.6) is 0 Å². The van der Waals surface area contributed by atoms with Crippen LogP contribution in [-0.4, -0.2) is 53.7 Å². The Hall–Kier alpha value is -1.99. The largest absolute Gasteiger partial charge is 0.481 e. The summed E-state index contributed by atoms with van der Waals surface area (Å²) in [5, 5.41) is 13.8. The van der Waals surface area contributed by atoms with E-state index in [1.54, 1.807) is 4.90 Å². The smallest absolute Gasteiger partial charge is 0.317 e. The zero-order chi connectivity index (χ0) is 15.0. The summed E-state index contributed by atoms with van der Waals surface area (Å²) in [5.41, 5.74) is 4.91. The molecule has 0 spiro atoms. The number of hydrogen-bond acceptors (Lipinski definition) is 3. The van der Waals surface area contributed by atoms with Crippen LogP contribution in [0.1, 0.15) is 32.1 Å². The summed E-state index contributed by atoms with van der Waals surface area (Å²) in [7, 11) is 0. The van der Waals surface area contributed by atoms with Gasteiger partial charge in [0, 0.05) is 32.1 Å². The van der Waals surface area contributed by atoms with E-state index in [-0.39, 0.29) is 25.0 Å². The highest BCUT2D eigenvalue weighted by atomic mass is 16.4. The molecule has 8 nitrogen and oxygen atoms in total. The SMILES string of the molecule is NC(=O)NCCNC(=O)N1CCCCC1CCC(=O)O. The Kier molecular flexibility index (Phi) is 6.61. The van der Waals surface area contributed by atoms with Crippen molar-refractivity contribution in [3.63, 3.8) is 0 Å². The molecule has 1 fully saturated rings. The number of carbonyl (C=O) groups is 3. The average molecular weight is 286 g/mol. The van der Waals surface area contributed by atoms with E-state index in [2.05, 4.69) is 10.6 Å². The number of nitrogens with one attached hydrogen (secondary N) is 2. The fourth-order valence-corrected chi connectivity index (χ4v) is 2.31. The Morgan fingerprint density at radius 2 is 1.90 bits per heavy atom. The first kappa shape index (κ1) is 16.1. The molecule has 1 rings (SSSR count). The van der Waals surface area contributed by atoms with Gasteiger partial charge in [-0.25, -0.2) is 9.59 Å². The quantitative estimate of drug-likeness (QED) is 0.516. The number of carbonyl (C=O) groups excluding carboxylic acids is 2. The molecular formula is C12H22N4O4. The molecule has 0 aromatic carbocycles. The monoisotopic (exact) mass is 286 g/mol. The molecule has 1 unspecified atom stereocenters. The van der Waals surface area contributed by atoms with E-state index in [4.69, 9.17) is 10.8 Å². The van der Waals surface area contributed by atoms with Crippen molar-refractivity contribution in [3.8, 4) is 0 Å². The third-order valence-corrected chi connectivity index (χ3v) is 3.28. The van der Waals surface area contributed by atoms with Crippen LogP contribution < -0.4 is 16.4 Å². The van der Waals surface area contributed by atoms with Gasteiger partial charge in [0.05, 0.1) is 0 Å². The van der Waals surface area contributed by atoms with Gasteiger partial charge in [-0.3, -0.25) is 4.79 Å². The number of primary amides is 1. The van der Waals surface area contributed by atoms with Crippen molar-refractivity contribution in [2.45, 2.75) is 38.1 Å². The van der Waals surface area contributed by atoms with Gasteiger partial charge in [-0.2, -0.15) is 0 Å². The zero-order valence-corrected chi connectivity index (χ0v) is 11.4. The van der Waals surface area contributed by atoms with Gasteiger partial charge in [0.15, 0.2) is 0 Å². The van der Waals surface area contributed by atoms with Crippen molar-refractivity contribution in [2.24, 2.45) is 5.73 Å². The molecule has 8 heteroatoms. The number of carboxylic acid groups (broad SMARTS) is 1. The van der Waals surface area contributed by atoms with E-state index >= 15 is 0 Å². The third-order valence-electron chi connectivity index (χ3n) is 3.28. The van der Waals surface area contributed by atoms with Crippen LogP contribution >= 0.6 is 0 Å². The molecule has 0 bridgehead atoms. The van der Waals surface area contributed by atoms with E-state index in [1.807, 2.05) is 0 Å². The summed E-state index contributed by atoms with van der Waals surface area (Å²) in [5.74, 6) is -0.846. The molecule has 0 aliphatic carbocycles. The van der Waals surface area contributed by atoms with E-state index in [0.29, 0.717) is 19.5 Å². The topological polar surface area (TPSA) is 125 Å². The maximum absolute atomic E-state index is 12.0. The van der Waals surface area contributed by atoms with Crippen LogP contribution in [0.25, 0.3) is 0 Å². The summed E-state index contributed by atoms with van der Waals surface area (Å²) in [6, 6.07) is -0.869. The minimum absolute atomic E-state index is 0.0241. The Bertz CT molecular complexity index is 361. The molecule has 0 aromatic heterocycles. The molecule has 4 amide bonds. The highest BCUT2D eigenvalue weighted by Gasteiger charge is 2.26. The second-order valence-electron chi connectivity index (χ2n) is 4.80. The Balaban J connectivity index is 2.37. The van der Waals surface area contributed by atoms with Gasteiger partial charge in [-0.05, 0) is 25.7 Å².